The zero-order chi connectivity index (χ0) is 7.52. The molecular formula is C8H7N3. The van der Waals surface area contributed by atoms with Gasteiger partial charge in [-0.15, -0.1) is 0 Å². The normalized spacial score (nSPS) is 9.82. The van der Waals surface area contributed by atoms with Crippen molar-refractivity contribution in [3.05, 3.63) is 43.2 Å². The molecular weight excluding hydrogens is 138 g/mol. The lowest BCUT2D eigenvalue weighted by Gasteiger charge is -1.97. The Labute approximate surface area is 64.3 Å². The van der Waals surface area contributed by atoms with Gasteiger partial charge in [-0.1, -0.05) is 0 Å². The minimum Gasteiger partial charge on any atom is -0.306 e. The van der Waals surface area contributed by atoms with Gasteiger partial charge >= 0.3 is 0 Å². The molecule has 54 valence electrons. The van der Waals surface area contributed by atoms with Crippen LogP contribution in [0.5, 0.6) is 0 Å². The lowest BCUT2D eigenvalue weighted by molar-refractivity contribution is 1.05. The average Bonchev–Trinajstić information content (AvgIpc) is 2.58. The predicted molar refractivity (Wildman–Crippen MR) is 41.4 cm³/mol. The Morgan fingerprint density at radius 1 is 1.00 bits per heavy atom. The van der Waals surface area contributed by atoms with Crippen LogP contribution in [0.3, 0.4) is 0 Å². The second kappa shape index (κ2) is 2.54. The molecule has 0 aliphatic rings. The van der Waals surface area contributed by atoms with Crippen LogP contribution in [0.2, 0.25) is 0 Å². The maximum atomic E-state index is 3.94. The first kappa shape index (κ1) is 6.09. The quantitative estimate of drug-likeness (QED) is 0.605. The summed E-state index contributed by atoms with van der Waals surface area (Å²) in [5.74, 6) is 0. The van der Waals surface area contributed by atoms with Crippen molar-refractivity contribution in [1.29, 1.82) is 0 Å². The van der Waals surface area contributed by atoms with Crippen LogP contribution in [0.1, 0.15) is 0 Å². The van der Waals surface area contributed by atoms with E-state index in [9.17, 15) is 0 Å². The van der Waals surface area contributed by atoms with Gasteiger partial charge in [0.05, 0.1) is 6.33 Å². The van der Waals surface area contributed by atoms with Crippen LogP contribution in [0.4, 0.5) is 0 Å². The maximum absolute atomic E-state index is 3.94. The second-order valence-electron chi connectivity index (χ2n) is 2.18. The molecule has 0 N–H and O–H groups in total. The van der Waals surface area contributed by atoms with E-state index in [-0.39, 0.29) is 0 Å². The summed E-state index contributed by atoms with van der Waals surface area (Å²) >= 11 is 0. The molecule has 2 heterocycles. The number of imidazole rings is 1. The third kappa shape index (κ3) is 1.12. The average molecular weight is 145 g/mol. The van der Waals surface area contributed by atoms with Gasteiger partial charge in [-0.3, -0.25) is 4.98 Å². The van der Waals surface area contributed by atoms with E-state index < -0.39 is 0 Å². The summed E-state index contributed by atoms with van der Waals surface area (Å²) in [5.41, 5.74) is 1.08. The van der Waals surface area contributed by atoms with Crippen molar-refractivity contribution in [3.63, 3.8) is 0 Å². The van der Waals surface area contributed by atoms with E-state index in [2.05, 4.69) is 9.97 Å². The van der Waals surface area contributed by atoms with E-state index in [0.717, 1.165) is 5.69 Å². The highest BCUT2D eigenvalue weighted by Gasteiger charge is 1.90. The van der Waals surface area contributed by atoms with Crippen molar-refractivity contribution in [3.8, 4) is 5.69 Å². The van der Waals surface area contributed by atoms with Crippen molar-refractivity contribution < 1.29 is 0 Å². The van der Waals surface area contributed by atoms with Crippen LogP contribution in [-0.4, -0.2) is 14.5 Å². The molecule has 0 unspecified atom stereocenters. The maximum Gasteiger partial charge on any atom is 0.0991 e. The van der Waals surface area contributed by atoms with Crippen LogP contribution in [0.25, 0.3) is 5.69 Å². The van der Waals surface area contributed by atoms with Gasteiger partial charge in [0.25, 0.3) is 0 Å². The molecule has 0 aliphatic carbocycles. The minimum atomic E-state index is 1.08. The number of pyridine rings is 1. The molecule has 2 aromatic heterocycles. The Morgan fingerprint density at radius 2 is 1.82 bits per heavy atom. The monoisotopic (exact) mass is 145 g/mol. The third-order valence-electron chi connectivity index (χ3n) is 1.47. The van der Waals surface area contributed by atoms with Crippen LogP contribution in [-0.2, 0) is 0 Å². The van der Waals surface area contributed by atoms with Gasteiger partial charge in [0.1, 0.15) is 0 Å². The van der Waals surface area contributed by atoms with Gasteiger partial charge in [-0.25, -0.2) is 4.98 Å². The molecule has 0 fully saturated rings. The molecule has 0 bridgehead atoms. The zero-order valence-corrected chi connectivity index (χ0v) is 5.88. The van der Waals surface area contributed by atoms with Crippen LogP contribution >= 0.6 is 0 Å². The molecule has 0 amide bonds. The minimum absolute atomic E-state index is 1.08. The number of hydrogen-bond donors (Lipinski definition) is 0. The van der Waals surface area contributed by atoms with E-state index in [1.165, 1.54) is 0 Å². The van der Waals surface area contributed by atoms with Crippen molar-refractivity contribution in [2.45, 2.75) is 0 Å². The van der Waals surface area contributed by atoms with E-state index in [1.54, 1.807) is 24.9 Å². The van der Waals surface area contributed by atoms with E-state index in [1.807, 2.05) is 22.9 Å². The third-order valence-corrected chi connectivity index (χ3v) is 1.47. The van der Waals surface area contributed by atoms with Gasteiger partial charge in [0.2, 0.25) is 0 Å². The van der Waals surface area contributed by atoms with Gasteiger partial charge in [0.15, 0.2) is 0 Å². The molecule has 0 atom stereocenters. The van der Waals surface area contributed by atoms with E-state index in [0.29, 0.717) is 0 Å². The first-order valence-corrected chi connectivity index (χ1v) is 3.35. The molecule has 2 rings (SSSR count). The van der Waals surface area contributed by atoms with Crippen molar-refractivity contribution in [2.24, 2.45) is 0 Å². The highest BCUT2D eigenvalue weighted by Crippen LogP contribution is 2.02. The van der Waals surface area contributed by atoms with Crippen LogP contribution < -0.4 is 0 Å². The Hall–Kier alpha value is -1.64. The summed E-state index contributed by atoms with van der Waals surface area (Å²) in [4.78, 5) is 7.86. The molecule has 3 heteroatoms. The molecule has 0 aliphatic heterocycles. The Kier molecular flexibility index (Phi) is 1.41. The lowest BCUT2D eigenvalue weighted by atomic mass is 10.4. The summed E-state index contributed by atoms with van der Waals surface area (Å²) in [5, 5.41) is 0. The fraction of sp³-hybridized carbons (Fsp3) is 0. The van der Waals surface area contributed by atoms with E-state index in [4.69, 9.17) is 0 Å². The van der Waals surface area contributed by atoms with Gasteiger partial charge in [-0.05, 0) is 12.1 Å². The van der Waals surface area contributed by atoms with Gasteiger partial charge in [-0.2, -0.15) is 0 Å². The molecule has 0 radical (unpaired) electrons. The van der Waals surface area contributed by atoms with Crippen molar-refractivity contribution >= 4 is 0 Å². The predicted octanol–water partition coefficient (Wildman–Crippen LogP) is 1.27. The molecule has 0 saturated heterocycles. The smallest absolute Gasteiger partial charge is 0.0991 e. The highest BCUT2D eigenvalue weighted by molar-refractivity contribution is 5.27. The molecule has 0 saturated carbocycles. The molecule has 0 aromatic carbocycles. The molecule has 3 nitrogen and oxygen atoms in total. The largest absolute Gasteiger partial charge is 0.306 e. The standard InChI is InChI=1S/C8H7N3/c1-3-9-4-2-8(1)11-6-5-10-7-11/h1-7H. The first-order valence-electron chi connectivity index (χ1n) is 3.35. The topological polar surface area (TPSA) is 30.7 Å². The fourth-order valence-corrected chi connectivity index (χ4v) is 0.928. The molecule has 11 heavy (non-hydrogen) atoms. The lowest BCUT2D eigenvalue weighted by Crippen LogP contribution is -1.88. The van der Waals surface area contributed by atoms with Gasteiger partial charge in [0, 0.05) is 30.5 Å². The summed E-state index contributed by atoms with van der Waals surface area (Å²) in [7, 11) is 0. The fourth-order valence-electron chi connectivity index (χ4n) is 0.928. The summed E-state index contributed by atoms with van der Waals surface area (Å²) in [6.07, 6.45) is 8.93. The SMILES string of the molecule is c1cc(-n2ccnc2)ccn1. The first-order chi connectivity index (χ1) is 5.47. The van der Waals surface area contributed by atoms with Crippen LogP contribution in [0.15, 0.2) is 43.2 Å². The number of aromatic nitrogens is 3. The molecule has 0 spiro atoms. The summed E-state index contributed by atoms with van der Waals surface area (Å²) < 4.78 is 1.93. The Balaban J connectivity index is 2.46. The summed E-state index contributed by atoms with van der Waals surface area (Å²) in [6.45, 7) is 0. The Morgan fingerprint density at radius 3 is 2.45 bits per heavy atom. The number of rotatable bonds is 1. The second-order valence-corrected chi connectivity index (χ2v) is 2.18. The highest BCUT2D eigenvalue weighted by atomic mass is 15.0. The van der Waals surface area contributed by atoms with Crippen LogP contribution in [0, 0.1) is 0 Å². The van der Waals surface area contributed by atoms with Gasteiger partial charge < -0.3 is 4.57 Å². The van der Waals surface area contributed by atoms with E-state index >= 15 is 0 Å². The zero-order valence-electron chi connectivity index (χ0n) is 5.88. The number of nitrogens with zero attached hydrogens (tertiary/aromatic N) is 3. The number of hydrogen-bond acceptors (Lipinski definition) is 2. The summed E-state index contributed by atoms with van der Waals surface area (Å²) in [6, 6.07) is 3.86. The van der Waals surface area contributed by atoms with Crippen molar-refractivity contribution in [2.75, 3.05) is 0 Å². The Bertz CT molecular complexity index is 312. The van der Waals surface area contributed by atoms with Crippen molar-refractivity contribution in [1.82, 2.24) is 14.5 Å². The molecule has 2 aromatic rings.